The van der Waals surface area contributed by atoms with Crippen LogP contribution in [0.15, 0.2) is 30.9 Å². The Balaban J connectivity index is 2.88. The first-order valence-corrected chi connectivity index (χ1v) is 6.64. The molecular formula is C15H18FNO5. The summed E-state index contributed by atoms with van der Waals surface area (Å²) >= 11 is 0. The number of carboxylic acid groups (broad SMARTS) is 1. The van der Waals surface area contributed by atoms with Crippen LogP contribution in [0.4, 0.5) is 4.39 Å². The Morgan fingerprint density at radius 3 is 2.82 bits per heavy atom. The SMILES string of the molecule is C=CCOCC(NC(=O)c1cccc(F)c1OCC)C(=O)O. The molecule has 0 bridgehead atoms. The topological polar surface area (TPSA) is 84.9 Å². The lowest BCUT2D eigenvalue weighted by Gasteiger charge is -2.16. The number of nitrogens with one attached hydrogen (secondary N) is 1. The smallest absolute Gasteiger partial charge is 0.328 e. The van der Waals surface area contributed by atoms with Gasteiger partial charge in [0.2, 0.25) is 0 Å². The van der Waals surface area contributed by atoms with E-state index in [1.165, 1.54) is 18.2 Å². The molecule has 1 aromatic rings. The van der Waals surface area contributed by atoms with Gasteiger partial charge in [0.25, 0.3) is 5.91 Å². The van der Waals surface area contributed by atoms with E-state index in [-0.39, 0.29) is 31.1 Å². The van der Waals surface area contributed by atoms with Gasteiger partial charge in [0.15, 0.2) is 17.6 Å². The highest BCUT2D eigenvalue weighted by Crippen LogP contribution is 2.22. The van der Waals surface area contributed by atoms with Crippen molar-refractivity contribution in [3.05, 3.63) is 42.2 Å². The first-order chi connectivity index (χ1) is 10.5. The summed E-state index contributed by atoms with van der Waals surface area (Å²) in [6, 6.07) is 2.60. The second-order valence-electron chi connectivity index (χ2n) is 4.24. The second kappa shape index (κ2) is 8.78. The van der Waals surface area contributed by atoms with Crippen LogP contribution in [0.3, 0.4) is 0 Å². The summed E-state index contributed by atoms with van der Waals surface area (Å²) in [5.41, 5.74) is -0.0724. The van der Waals surface area contributed by atoms with E-state index in [9.17, 15) is 14.0 Å². The summed E-state index contributed by atoms with van der Waals surface area (Å²) in [6.07, 6.45) is 1.46. The number of hydrogen-bond acceptors (Lipinski definition) is 4. The summed E-state index contributed by atoms with van der Waals surface area (Å²) in [5.74, 6) is -2.91. The van der Waals surface area contributed by atoms with Gasteiger partial charge in [-0.1, -0.05) is 12.1 Å². The van der Waals surface area contributed by atoms with Crippen LogP contribution in [0.2, 0.25) is 0 Å². The molecule has 0 aromatic heterocycles. The maximum Gasteiger partial charge on any atom is 0.328 e. The molecule has 1 atom stereocenters. The van der Waals surface area contributed by atoms with Gasteiger partial charge >= 0.3 is 5.97 Å². The average molecular weight is 311 g/mol. The molecule has 0 saturated carbocycles. The molecule has 1 aromatic carbocycles. The summed E-state index contributed by atoms with van der Waals surface area (Å²) < 4.78 is 23.8. The van der Waals surface area contributed by atoms with E-state index in [0.717, 1.165) is 6.07 Å². The Morgan fingerprint density at radius 2 is 2.23 bits per heavy atom. The van der Waals surface area contributed by atoms with Crippen molar-refractivity contribution in [2.45, 2.75) is 13.0 Å². The molecule has 2 N–H and O–H groups in total. The number of halogens is 1. The number of carboxylic acids is 1. The van der Waals surface area contributed by atoms with E-state index < -0.39 is 23.7 Å². The molecule has 6 nitrogen and oxygen atoms in total. The summed E-state index contributed by atoms with van der Waals surface area (Å²) in [4.78, 5) is 23.3. The fraction of sp³-hybridized carbons (Fsp3) is 0.333. The van der Waals surface area contributed by atoms with E-state index in [1.54, 1.807) is 6.92 Å². The molecule has 0 aliphatic rings. The van der Waals surface area contributed by atoms with Crippen molar-refractivity contribution < 1.29 is 28.6 Å². The Labute approximate surface area is 127 Å². The van der Waals surface area contributed by atoms with Gasteiger partial charge in [-0.2, -0.15) is 0 Å². The van der Waals surface area contributed by atoms with Gasteiger partial charge in [-0.15, -0.1) is 6.58 Å². The first kappa shape index (κ1) is 17.6. The third kappa shape index (κ3) is 4.85. The second-order valence-corrected chi connectivity index (χ2v) is 4.24. The number of rotatable bonds is 9. The molecule has 0 fully saturated rings. The molecule has 0 spiro atoms. The van der Waals surface area contributed by atoms with Crippen molar-refractivity contribution in [3.8, 4) is 5.75 Å². The van der Waals surface area contributed by atoms with Gasteiger partial charge in [0, 0.05) is 0 Å². The number of aliphatic carboxylic acids is 1. The lowest BCUT2D eigenvalue weighted by atomic mass is 10.1. The van der Waals surface area contributed by atoms with Gasteiger partial charge in [-0.25, -0.2) is 9.18 Å². The monoisotopic (exact) mass is 311 g/mol. The minimum absolute atomic E-state index is 0.0724. The van der Waals surface area contributed by atoms with E-state index in [2.05, 4.69) is 11.9 Å². The van der Waals surface area contributed by atoms with Crippen molar-refractivity contribution >= 4 is 11.9 Å². The van der Waals surface area contributed by atoms with Crippen molar-refractivity contribution in [2.75, 3.05) is 19.8 Å². The Hall–Kier alpha value is -2.41. The molecule has 0 heterocycles. The quantitative estimate of drug-likeness (QED) is 0.534. The van der Waals surface area contributed by atoms with Crippen LogP contribution in [-0.4, -0.2) is 42.8 Å². The van der Waals surface area contributed by atoms with Gasteiger partial charge in [0.05, 0.1) is 25.4 Å². The van der Waals surface area contributed by atoms with Gasteiger partial charge in [-0.05, 0) is 19.1 Å². The van der Waals surface area contributed by atoms with Gasteiger partial charge in [0.1, 0.15) is 0 Å². The molecule has 0 radical (unpaired) electrons. The Bertz CT molecular complexity index is 547. The van der Waals surface area contributed by atoms with Crippen LogP contribution in [0.1, 0.15) is 17.3 Å². The van der Waals surface area contributed by atoms with E-state index >= 15 is 0 Å². The van der Waals surface area contributed by atoms with Crippen molar-refractivity contribution in [2.24, 2.45) is 0 Å². The minimum Gasteiger partial charge on any atom is -0.490 e. The molecule has 22 heavy (non-hydrogen) atoms. The lowest BCUT2D eigenvalue weighted by molar-refractivity contribution is -0.140. The highest BCUT2D eigenvalue weighted by atomic mass is 19.1. The number of ether oxygens (including phenoxy) is 2. The fourth-order valence-electron chi connectivity index (χ4n) is 1.66. The van der Waals surface area contributed by atoms with Crippen LogP contribution >= 0.6 is 0 Å². The largest absolute Gasteiger partial charge is 0.490 e. The maximum atomic E-state index is 13.7. The number of carbonyl (C=O) groups excluding carboxylic acids is 1. The highest BCUT2D eigenvalue weighted by molar-refractivity contribution is 5.99. The van der Waals surface area contributed by atoms with E-state index in [4.69, 9.17) is 14.6 Å². The molecular weight excluding hydrogens is 293 g/mol. The van der Waals surface area contributed by atoms with Crippen molar-refractivity contribution in [1.82, 2.24) is 5.32 Å². The van der Waals surface area contributed by atoms with E-state index in [1.807, 2.05) is 0 Å². The fourth-order valence-corrected chi connectivity index (χ4v) is 1.66. The molecule has 0 saturated heterocycles. The van der Waals surface area contributed by atoms with Crippen LogP contribution < -0.4 is 10.1 Å². The van der Waals surface area contributed by atoms with Gasteiger partial charge < -0.3 is 19.9 Å². The number of amides is 1. The molecule has 1 rings (SSSR count). The summed E-state index contributed by atoms with van der Waals surface area (Å²) in [5, 5.41) is 11.3. The van der Waals surface area contributed by atoms with E-state index in [0.29, 0.717) is 0 Å². The molecule has 1 unspecified atom stereocenters. The zero-order chi connectivity index (χ0) is 16.5. The van der Waals surface area contributed by atoms with Crippen LogP contribution in [0, 0.1) is 5.82 Å². The summed E-state index contributed by atoms with van der Waals surface area (Å²) in [6.45, 7) is 5.18. The van der Waals surface area contributed by atoms with Gasteiger partial charge in [-0.3, -0.25) is 4.79 Å². The molecule has 0 aliphatic heterocycles. The third-order valence-electron chi connectivity index (χ3n) is 2.62. The normalized spacial score (nSPS) is 11.5. The summed E-state index contributed by atoms with van der Waals surface area (Å²) in [7, 11) is 0. The Morgan fingerprint density at radius 1 is 1.50 bits per heavy atom. The maximum absolute atomic E-state index is 13.7. The van der Waals surface area contributed by atoms with Crippen LogP contribution in [0.25, 0.3) is 0 Å². The molecule has 7 heteroatoms. The number of benzene rings is 1. The number of carbonyl (C=O) groups is 2. The van der Waals surface area contributed by atoms with Crippen LogP contribution in [-0.2, 0) is 9.53 Å². The predicted molar refractivity (Wildman–Crippen MR) is 77.5 cm³/mol. The average Bonchev–Trinajstić information content (AvgIpc) is 2.48. The van der Waals surface area contributed by atoms with Crippen LogP contribution in [0.5, 0.6) is 5.75 Å². The lowest BCUT2D eigenvalue weighted by Crippen LogP contribution is -2.44. The van der Waals surface area contributed by atoms with Crippen molar-refractivity contribution in [3.63, 3.8) is 0 Å². The zero-order valence-corrected chi connectivity index (χ0v) is 12.2. The highest BCUT2D eigenvalue weighted by Gasteiger charge is 2.23. The first-order valence-electron chi connectivity index (χ1n) is 6.64. The number of hydrogen-bond donors (Lipinski definition) is 2. The number of para-hydroxylation sites is 1. The molecule has 1 amide bonds. The standard InChI is InChI=1S/C15H18FNO5/c1-3-8-21-9-12(15(19)20)17-14(18)10-6-5-7-11(16)13(10)22-4-2/h3,5-7,12H,1,4,8-9H2,2H3,(H,17,18)(H,19,20). The van der Waals surface area contributed by atoms with Crippen molar-refractivity contribution in [1.29, 1.82) is 0 Å². The minimum atomic E-state index is -1.26. The molecule has 0 aliphatic carbocycles. The predicted octanol–water partition coefficient (Wildman–Crippen LogP) is 1.61. The zero-order valence-electron chi connectivity index (χ0n) is 12.2. The molecule has 120 valence electrons. The third-order valence-corrected chi connectivity index (χ3v) is 2.62. The Kier molecular flexibility index (Phi) is 7.04.